The van der Waals surface area contributed by atoms with Gasteiger partial charge in [-0.1, -0.05) is 11.6 Å². The van der Waals surface area contributed by atoms with E-state index in [-0.39, 0.29) is 5.91 Å². The molecular formula is C8H9ClN2OS. The molecule has 0 fully saturated rings. The predicted octanol–water partition coefficient (Wildman–Crippen LogP) is 1.79. The monoisotopic (exact) mass is 216 g/mol. The Morgan fingerprint density at radius 1 is 1.77 bits per heavy atom. The summed E-state index contributed by atoms with van der Waals surface area (Å²) in [4.78, 5) is 15.1. The minimum Gasteiger partial charge on any atom is -0.343 e. The van der Waals surface area contributed by atoms with Crippen LogP contribution in [0.15, 0.2) is 18.3 Å². The highest BCUT2D eigenvalue weighted by atomic mass is 35.5. The topological polar surface area (TPSA) is 42.0 Å². The summed E-state index contributed by atoms with van der Waals surface area (Å²) in [6.45, 7) is 0. The molecule has 1 N–H and O–H groups in total. The van der Waals surface area contributed by atoms with Gasteiger partial charge in [0.25, 0.3) is 5.91 Å². The molecule has 3 nitrogen and oxygen atoms in total. The largest absolute Gasteiger partial charge is 0.343 e. The smallest absolute Gasteiger partial charge is 0.252 e. The summed E-state index contributed by atoms with van der Waals surface area (Å²) in [5.41, 5.74) is 0.536. The second-order valence-corrected chi connectivity index (χ2v) is 3.56. The van der Waals surface area contributed by atoms with Crippen molar-refractivity contribution in [2.24, 2.45) is 0 Å². The first-order valence-electron chi connectivity index (χ1n) is 3.62. The van der Waals surface area contributed by atoms with E-state index >= 15 is 0 Å². The third-order valence-corrected chi connectivity index (χ3v) is 2.01. The molecule has 5 heteroatoms. The van der Waals surface area contributed by atoms with E-state index in [2.05, 4.69) is 10.3 Å². The number of carbonyl (C=O) groups is 1. The van der Waals surface area contributed by atoms with Gasteiger partial charge in [0.1, 0.15) is 5.15 Å². The molecule has 1 aromatic heterocycles. The number of pyridine rings is 1. The fourth-order valence-corrected chi connectivity index (χ4v) is 1.23. The Labute approximate surface area is 85.9 Å². The zero-order chi connectivity index (χ0) is 9.68. The van der Waals surface area contributed by atoms with Crippen LogP contribution in [0.25, 0.3) is 0 Å². The van der Waals surface area contributed by atoms with Gasteiger partial charge in [-0.2, -0.15) is 0 Å². The molecule has 0 atom stereocenters. The number of rotatable bonds is 3. The number of hydrogen-bond donors (Lipinski definition) is 1. The Morgan fingerprint density at radius 3 is 3.15 bits per heavy atom. The van der Waals surface area contributed by atoms with Crippen LogP contribution in [0.2, 0.25) is 5.15 Å². The normalized spacial score (nSPS) is 9.69. The summed E-state index contributed by atoms with van der Waals surface area (Å²) in [5.74, 6) is 0.470. The minimum absolute atomic E-state index is 0.126. The molecule has 0 aliphatic carbocycles. The van der Waals surface area contributed by atoms with Crippen molar-refractivity contribution in [3.05, 3.63) is 29.0 Å². The molecular weight excluding hydrogens is 208 g/mol. The second kappa shape index (κ2) is 5.09. The molecule has 0 spiro atoms. The first kappa shape index (κ1) is 10.3. The molecule has 0 radical (unpaired) electrons. The molecule has 0 aliphatic rings. The zero-order valence-corrected chi connectivity index (χ0v) is 8.65. The van der Waals surface area contributed by atoms with Crippen molar-refractivity contribution in [2.75, 3.05) is 12.1 Å². The third kappa shape index (κ3) is 3.24. The second-order valence-electron chi connectivity index (χ2n) is 2.31. The molecule has 0 aliphatic heterocycles. The lowest BCUT2D eigenvalue weighted by Gasteiger charge is -2.02. The maximum atomic E-state index is 11.3. The van der Waals surface area contributed by atoms with Crippen molar-refractivity contribution in [2.45, 2.75) is 0 Å². The van der Waals surface area contributed by atoms with Crippen LogP contribution in [0.5, 0.6) is 0 Å². The van der Waals surface area contributed by atoms with Crippen molar-refractivity contribution >= 4 is 29.3 Å². The van der Waals surface area contributed by atoms with Gasteiger partial charge in [-0.05, 0) is 18.4 Å². The summed E-state index contributed by atoms with van der Waals surface area (Å²) in [7, 11) is 0. The summed E-state index contributed by atoms with van der Waals surface area (Å²) in [5, 5.41) is 3.04. The average Bonchev–Trinajstić information content (AvgIpc) is 2.14. The molecule has 0 bridgehead atoms. The maximum Gasteiger partial charge on any atom is 0.252 e. The van der Waals surface area contributed by atoms with Crippen molar-refractivity contribution in [3.8, 4) is 0 Å². The van der Waals surface area contributed by atoms with E-state index in [1.165, 1.54) is 12.3 Å². The van der Waals surface area contributed by atoms with Crippen molar-refractivity contribution in [1.29, 1.82) is 0 Å². The Bertz CT molecular complexity index is 306. The van der Waals surface area contributed by atoms with E-state index in [9.17, 15) is 4.79 Å². The summed E-state index contributed by atoms with van der Waals surface area (Å²) >= 11 is 7.17. The van der Waals surface area contributed by atoms with E-state index in [1.807, 2.05) is 6.26 Å². The number of nitrogens with zero attached hydrogens (tertiary/aromatic N) is 1. The highest BCUT2D eigenvalue weighted by Crippen LogP contribution is 2.06. The van der Waals surface area contributed by atoms with Gasteiger partial charge in [0.2, 0.25) is 0 Å². The summed E-state index contributed by atoms with van der Waals surface area (Å²) in [6, 6.07) is 3.17. The fourth-order valence-electron chi connectivity index (χ4n) is 0.783. The quantitative estimate of drug-likeness (QED) is 0.619. The van der Waals surface area contributed by atoms with Gasteiger partial charge in [0, 0.05) is 11.8 Å². The highest BCUT2D eigenvalue weighted by Gasteiger charge is 2.04. The lowest BCUT2D eigenvalue weighted by molar-refractivity contribution is 0.0961. The number of amides is 1. The van der Waals surface area contributed by atoms with Crippen LogP contribution in [0.4, 0.5) is 0 Å². The Hall–Kier alpha value is -0.740. The first-order chi connectivity index (χ1) is 6.24. The Balaban J connectivity index is 2.66. The lowest BCUT2D eigenvalue weighted by atomic mass is 10.2. The van der Waals surface area contributed by atoms with Gasteiger partial charge < -0.3 is 5.32 Å². The van der Waals surface area contributed by atoms with Gasteiger partial charge in [-0.15, -0.1) is 11.8 Å². The number of hydrogen-bond acceptors (Lipinski definition) is 3. The van der Waals surface area contributed by atoms with E-state index < -0.39 is 0 Å². The first-order valence-corrected chi connectivity index (χ1v) is 5.40. The zero-order valence-electron chi connectivity index (χ0n) is 7.08. The van der Waals surface area contributed by atoms with Crippen LogP contribution in [-0.4, -0.2) is 23.0 Å². The molecule has 0 saturated carbocycles. The molecule has 1 aromatic rings. The van der Waals surface area contributed by atoms with Gasteiger partial charge in [-0.3, -0.25) is 4.79 Å². The van der Waals surface area contributed by atoms with E-state index in [4.69, 9.17) is 11.6 Å². The van der Waals surface area contributed by atoms with Crippen LogP contribution in [0.1, 0.15) is 10.4 Å². The summed E-state index contributed by atoms with van der Waals surface area (Å²) < 4.78 is 0. The van der Waals surface area contributed by atoms with Crippen LogP contribution < -0.4 is 5.32 Å². The Morgan fingerprint density at radius 2 is 2.54 bits per heavy atom. The van der Waals surface area contributed by atoms with Crippen molar-refractivity contribution < 1.29 is 4.79 Å². The maximum absolute atomic E-state index is 11.3. The van der Waals surface area contributed by atoms with Gasteiger partial charge in [-0.25, -0.2) is 4.98 Å². The van der Waals surface area contributed by atoms with Crippen LogP contribution in [0, 0.1) is 0 Å². The van der Waals surface area contributed by atoms with E-state index in [1.54, 1.807) is 17.8 Å². The third-order valence-electron chi connectivity index (χ3n) is 1.37. The molecule has 1 amide bonds. The molecule has 70 valence electrons. The number of nitrogens with one attached hydrogen (secondary N) is 1. The van der Waals surface area contributed by atoms with Crippen molar-refractivity contribution in [3.63, 3.8) is 0 Å². The molecule has 13 heavy (non-hydrogen) atoms. The molecule has 0 unspecified atom stereocenters. The number of halogens is 1. The van der Waals surface area contributed by atoms with Crippen LogP contribution >= 0.6 is 23.4 Å². The predicted molar refractivity (Wildman–Crippen MR) is 55.1 cm³/mol. The fraction of sp³-hybridized carbons (Fsp3) is 0.250. The molecule has 0 saturated heterocycles. The number of thioether (sulfide) groups is 1. The summed E-state index contributed by atoms with van der Waals surface area (Å²) in [6.07, 6.45) is 3.43. The highest BCUT2D eigenvalue weighted by molar-refractivity contribution is 7.98. The SMILES string of the molecule is CSCNC(=O)c1ccnc(Cl)c1. The van der Waals surface area contributed by atoms with Gasteiger partial charge in [0.15, 0.2) is 0 Å². The van der Waals surface area contributed by atoms with Crippen LogP contribution in [0.3, 0.4) is 0 Å². The number of carbonyl (C=O) groups excluding carboxylic acids is 1. The van der Waals surface area contributed by atoms with Gasteiger partial charge >= 0.3 is 0 Å². The van der Waals surface area contributed by atoms with Crippen molar-refractivity contribution in [1.82, 2.24) is 10.3 Å². The van der Waals surface area contributed by atoms with E-state index in [0.717, 1.165) is 0 Å². The van der Waals surface area contributed by atoms with Crippen LogP contribution in [-0.2, 0) is 0 Å². The molecule has 1 heterocycles. The molecule has 0 aromatic carbocycles. The lowest BCUT2D eigenvalue weighted by Crippen LogP contribution is -2.22. The minimum atomic E-state index is -0.126. The standard InChI is InChI=1S/C8H9ClN2OS/c1-13-5-11-8(12)6-2-3-10-7(9)4-6/h2-4H,5H2,1H3,(H,11,12). The van der Waals surface area contributed by atoms with Gasteiger partial charge in [0.05, 0.1) is 5.88 Å². The Kier molecular flexibility index (Phi) is 4.05. The number of aromatic nitrogens is 1. The average molecular weight is 217 g/mol. The molecule has 1 rings (SSSR count). The van der Waals surface area contributed by atoms with E-state index in [0.29, 0.717) is 16.6 Å².